The lowest BCUT2D eigenvalue weighted by Crippen LogP contribution is -2.40. The Kier molecular flexibility index (Phi) is 9.16. The third kappa shape index (κ3) is 8.56. The molecule has 3 N–H and O–H groups in total. The monoisotopic (exact) mass is 274 g/mol. The molecule has 0 aliphatic rings. The average Bonchev–Trinajstić information content (AvgIpc) is 2.30. The van der Waals surface area contributed by atoms with Gasteiger partial charge < -0.3 is 20.4 Å². The molecule has 0 saturated heterocycles. The van der Waals surface area contributed by atoms with Crippen molar-refractivity contribution in [1.29, 1.82) is 0 Å². The van der Waals surface area contributed by atoms with Crippen LogP contribution in [0.5, 0.6) is 0 Å². The van der Waals surface area contributed by atoms with Crippen molar-refractivity contribution >= 4 is 11.9 Å². The van der Waals surface area contributed by atoms with Crippen LogP contribution in [-0.4, -0.2) is 59.8 Å². The summed E-state index contributed by atoms with van der Waals surface area (Å²) < 4.78 is 0. The Morgan fingerprint density at radius 1 is 1.16 bits per heavy atom. The molecule has 0 aliphatic heterocycles. The molecule has 0 aromatic carbocycles. The Bertz CT molecular complexity index is 282. The van der Waals surface area contributed by atoms with Gasteiger partial charge in [-0.25, -0.2) is 0 Å². The number of nitrogens with one attached hydrogen (secondary N) is 1. The van der Waals surface area contributed by atoms with Gasteiger partial charge in [0.2, 0.25) is 0 Å². The topological polar surface area (TPSA) is 89.9 Å². The average molecular weight is 274 g/mol. The first-order valence-electron chi connectivity index (χ1n) is 6.72. The van der Waals surface area contributed by atoms with E-state index in [1.165, 1.54) is 0 Å². The van der Waals surface area contributed by atoms with Gasteiger partial charge >= 0.3 is 11.9 Å². The normalized spacial score (nSPS) is 14.3. The van der Waals surface area contributed by atoms with Crippen LogP contribution in [0, 0.1) is 0 Å². The molecule has 0 spiro atoms. The molecule has 0 amide bonds. The minimum atomic E-state index is -0.988. The van der Waals surface area contributed by atoms with E-state index in [1.807, 2.05) is 14.1 Å². The summed E-state index contributed by atoms with van der Waals surface area (Å²) in [6, 6.07) is -0.355. The van der Waals surface area contributed by atoms with E-state index in [2.05, 4.69) is 17.1 Å². The van der Waals surface area contributed by atoms with Gasteiger partial charge in [-0.1, -0.05) is 13.3 Å². The molecule has 0 rings (SSSR count). The number of hydrogen-bond donors (Lipinski definition) is 3. The number of carboxylic acid groups (broad SMARTS) is 2. The molecular formula is C13H26N2O4. The van der Waals surface area contributed by atoms with E-state index >= 15 is 0 Å². The highest BCUT2D eigenvalue weighted by Crippen LogP contribution is 2.07. The predicted molar refractivity (Wildman–Crippen MR) is 73.3 cm³/mol. The SMILES string of the molecule is CCCC(CCN[C@@H](CCC(=O)O)C(=O)O)N(C)C. The molecule has 6 nitrogen and oxygen atoms in total. The van der Waals surface area contributed by atoms with Crippen LogP contribution in [0.1, 0.15) is 39.0 Å². The number of aliphatic carboxylic acids is 2. The Hall–Kier alpha value is -1.14. The third-order valence-corrected chi connectivity index (χ3v) is 3.17. The lowest BCUT2D eigenvalue weighted by Gasteiger charge is -2.24. The Morgan fingerprint density at radius 2 is 1.79 bits per heavy atom. The fourth-order valence-corrected chi connectivity index (χ4v) is 2.00. The first-order valence-corrected chi connectivity index (χ1v) is 6.72. The molecule has 0 bridgehead atoms. The van der Waals surface area contributed by atoms with E-state index in [-0.39, 0.29) is 12.8 Å². The molecule has 0 aliphatic carbocycles. The van der Waals surface area contributed by atoms with Crippen molar-refractivity contribution in [3.05, 3.63) is 0 Å². The lowest BCUT2D eigenvalue weighted by atomic mass is 10.1. The minimum Gasteiger partial charge on any atom is -0.481 e. The van der Waals surface area contributed by atoms with Crippen LogP contribution < -0.4 is 5.32 Å². The molecule has 1 unspecified atom stereocenters. The van der Waals surface area contributed by atoms with Crippen LogP contribution in [0.3, 0.4) is 0 Å². The van der Waals surface area contributed by atoms with Crippen LogP contribution in [0.25, 0.3) is 0 Å². The molecular weight excluding hydrogens is 248 g/mol. The van der Waals surface area contributed by atoms with Crippen molar-refractivity contribution in [3.8, 4) is 0 Å². The van der Waals surface area contributed by atoms with Gasteiger partial charge in [-0.05, 0) is 39.9 Å². The molecule has 2 atom stereocenters. The molecule has 0 heterocycles. The van der Waals surface area contributed by atoms with Crippen LogP contribution in [0.15, 0.2) is 0 Å². The molecule has 19 heavy (non-hydrogen) atoms. The zero-order chi connectivity index (χ0) is 14.8. The van der Waals surface area contributed by atoms with Crippen LogP contribution in [0.4, 0.5) is 0 Å². The molecule has 6 heteroatoms. The standard InChI is InChI=1S/C13H26N2O4/c1-4-5-10(15(2)3)8-9-14-11(13(18)19)6-7-12(16)17/h10-11,14H,4-9H2,1-3H3,(H,16,17)(H,18,19)/t10?,11-/m0/s1. The quantitative estimate of drug-likeness (QED) is 0.521. The van der Waals surface area contributed by atoms with Gasteiger partial charge in [-0.2, -0.15) is 0 Å². The van der Waals surface area contributed by atoms with Gasteiger partial charge in [0.15, 0.2) is 0 Å². The maximum atomic E-state index is 11.0. The van der Waals surface area contributed by atoms with Gasteiger partial charge in [0.25, 0.3) is 0 Å². The molecule has 0 radical (unpaired) electrons. The van der Waals surface area contributed by atoms with Crippen molar-refractivity contribution in [1.82, 2.24) is 10.2 Å². The van der Waals surface area contributed by atoms with Crippen molar-refractivity contribution < 1.29 is 19.8 Å². The van der Waals surface area contributed by atoms with Gasteiger partial charge in [0, 0.05) is 12.5 Å². The Balaban J connectivity index is 4.09. The van der Waals surface area contributed by atoms with E-state index < -0.39 is 18.0 Å². The maximum absolute atomic E-state index is 11.0. The van der Waals surface area contributed by atoms with Gasteiger partial charge in [-0.3, -0.25) is 9.59 Å². The molecule has 0 aromatic heterocycles. The summed E-state index contributed by atoms with van der Waals surface area (Å²) in [4.78, 5) is 23.6. The van der Waals surface area contributed by atoms with Crippen molar-refractivity contribution in [3.63, 3.8) is 0 Å². The largest absolute Gasteiger partial charge is 0.481 e. The van der Waals surface area contributed by atoms with Crippen LogP contribution in [-0.2, 0) is 9.59 Å². The summed E-state index contributed by atoms with van der Waals surface area (Å²) in [7, 11) is 4.03. The van der Waals surface area contributed by atoms with Gasteiger partial charge in [0.1, 0.15) is 6.04 Å². The molecule has 0 saturated carbocycles. The minimum absolute atomic E-state index is 0.116. The van der Waals surface area contributed by atoms with E-state index in [9.17, 15) is 9.59 Å². The van der Waals surface area contributed by atoms with Crippen LogP contribution >= 0.6 is 0 Å². The van der Waals surface area contributed by atoms with Crippen molar-refractivity contribution in [2.75, 3.05) is 20.6 Å². The smallest absolute Gasteiger partial charge is 0.320 e. The first kappa shape index (κ1) is 17.9. The lowest BCUT2D eigenvalue weighted by molar-refractivity contribution is -0.140. The first-order chi connectivity index (χ1) is 8.88. The summed E-state index contributed by atoms with van der Waals surface area (Å²) in [6.07, 6.45) is 3.00. The second kappa shape index (κ2) is 9.75. The second-order valence-corrected chi connectivity index (χ2v) is 4.97. The zero-order valence-corrected chi connectivity index (χ0v) is 12.1. The molecule has 112 valence electrons. The summed E-state index contributed by atoms with van der Waals surface area (Å²) in [5, 5.41) is 20.5. The van der Waals surface area contributed by atoms with Crippen molar-refractivity contribution in [2.45, 2.75) is 51.1 Å². The van der Waals surface area contributed by atoms with Crippen LogP contribution in [0.2, 0.25) is 0 Å². The Morgan fingerprint density at radius 3 is 2.21 bits per heavy atom. The second-order valence-electron chi connectivity index (χ2n) is 4.97. The third-order valence-electron chi connectivity index (χ3n) is 3.17. The summed E-state index contributed by atoms with van der Waals surface area (Å²) in [5.74, 6) is -1.96. The summed E-state index contributed by atoms with van der Waals surface area (Å²) >= 11 is 0. The summed E-state index contributed by atoms with van der Waals surface area (Å²) in [5.41, 5.74) is 0. The van der Waals surface area contributed by atoms with Gasteiger partial charge in [0.05, 0.1) is 0 Å². The van der Waals surface area contributed by atoms with E-state index in [0.717, 1.165) is 19.3 Å². The fraction of sp³-hybridized carbons (Fsp3) is 0.846. The number of carbonyl (C=O) groups is 2. The highest BCUT2D eigenvalue weighted by molar-refractivity contribution is 5.75. The molecule has 0 fully saturated rings. The fourth-order valence-electron chi connectivity index (χ4n) is 2.00. The highest BCUT2D eigenvalue weighted by atomic mass is 16.4. The number of nitrogens with zero attached hydrogens (tertiary/aromatic N) is 1. The highest BCUT2D eigenvalue weighted by Gasteiger charge is 2.18. The number of hydrogen-bond acceptors (Lipinski definition) is 4. The van der Waals surface area contributed by atoms with E-state index in [4.69, 9.17) is 10.2 Å². The van der Waals surface area contributed by atoms with Gasteiger partial charge in [-0.15, -0.1) is 0 Å². The summed E-state index contributed by atoms with van der Waals surface area (Å²) in [6.45, 7) is 2.70. The van der Waals surface area contributed by atoms with E-state index in [0.29, 0.717) is 12.6 Å². The Labute approximate surface area is 114 Å². The number of rotatable bonds is 11. The predicted octanol–water partition coefficient (Wildman–Crippen LogP) is 1.01. The van der Waals surface area contributed by atoms with E-state index in [1.54, 1.807) is 0 Å². The van der Waals surface area contributed by atoms with Crippen molar-refractivity contribution in [2.24, 2.45) is 0 Å². The maximum Gasteiger partial charge on any atom is 0.320 e. The molecule has 0 aromatic rings. The number of carboxylic acids is 2. The zero-order valence-electron chi connectivity index (χ0n) is 12.1.